The zero-order valence-electron chi connectivity index (χ0n) is 9.63. The van der Waals surface area contributed by atoms with Gasteiger partial charge in [-0.05, 0) is 31.5 Å². The number of hydrogen-bond acceptors (Lipinski definition) is 2. The van der Waals surface area contributed by atoms with Gasteiger partial charge in [-0.2, -0.15) is 0 Å². The number of aliphatic hydroxyl groups excluding tert-OH is 1. The van der Waals surface area contributed by atoms with Crippen LogP contribution in [-0.4, -0.2) is 23.9 Å². The van der Waals surface area contributed by atoms with Crippen molar-refractivity contribution in [2.45, 2.75) is 32.0 Å². The molecule has 0 saturated carbocycles. The normalized spacial score (nSPS) is 13.9. The maximum atomic E-state index is 12.8. The lowest BCUT2D eigenvalue weighted by Crippen LogP contribution is -2.39. The van der Waals surface area contributed by atoms with Crippen LogP contribution in [0.15, 0.2) is 18.2 Å². The highest BCUT2D eigenvalue weighted by atomic mass is 35.5. The number of benzene rings is 1. The van der Waals surface area contributed by atoms with Gasteiger partial charge in [0.05, 0.1) is 11.7 Å². The standard InChI is InChI=1S/C12H16ClFO2/c1-12(2,16-3)11(15)6-8-4-5-9(14)7-10(8)13/h4-5,7,11,15H,6H2,1-3H3. The minimum atomic E-state index is -0.694. The highest BCUT2D eigenvalue weighted by Crippen LogP contribution is 2.23. The molecule has 0 fully saturated rings. The summed E-state index contributed by atoms with van der Waals surface area (Å²) < 4.78 is 18.0. The fourth-order valence-corrected chi connectivity index (χ4v) is 1.52. The minimum Gasteiger partial charge on any atom is -0.390 e. The number of halogens is 2. The molecule has 1 unspecified atom stereocenters. The van der Waals surface area contributed by atoms with Crippen LogP contribution in [0.2, 0.25) is 5.02 Å². The van der Waals surface area contributed by atoms with Crippen LogP contribution in [0.25, 0.3) is 0 Å². The predicted octanol–water partition coefficient (Wildman–Crippen LogP) is 2.81. The molecule has 2 nitrogen and oxygen atoms in total. The summed E-state index contributed by atoms with van der Waals surface area (Å²) in [6.45, 7) is 3.57. The highest BCUT2D eigenvalue weighted by molar-refractivity contribution is 6.31. The predicted molar refractivity (Wildman–Crippen MR) is 62.2 cm³/mol. The average Bonchev–Trinajstić information content (AvgIpc) is 2.22. The average molecular weight is 247 g/mol. The fraction of sp³-hybridized carbons (Fsp3) is 0.500. The second kappa shape index (κ2) is 5.13. The molecule has 90 valence electrons. The van der Waals surface area contributed by atoms with Gasteiger partial charge in [-0.15, -0.1) is 0 Å². The van der Waals surface area contributed by atoms with Gasteiger partial charge in [-0.1, -0.05) is 17.7 Å². The summed E-state index contributed by atoms with van der Waals surface area (Å²) in [4.78, 5) is 0. The van der Waals surface area contributed by atoms with Crippen molar-refractivity contribution in [2.24, 2.45) is 0 Å². The molecule has 0 heterocycles. The van der Waals surface area contributed by atoms with Gasteiger partial charge < -0.3 is 9.84 Å². The Balaban J connectivity index is 2.81. The molecule has 0 spiro atoms. The quantitative estimate of drug-likeness (QED) is 0.885. The number of hydrogen-bond donors (Lipinski definition) is 1. The van der Waals surface area contributed by atoms with Gasteiger partial charge in [0.25, 0.3) is 0 Å². The third kappa shape index (κ3) is 3.17. The first kappa shape index (κ1) is 13.4. The van der Waals surface area contributed by atoms with Crippen LogP contribution in [0.1, 0.15) is 19.4 Å². The Morgan fingerprint density at radius 3 is 2.62 bits per heavy atom. The van der Waals surface area contributed by atoms with E-state index in [0.717, 1.165) is 0 Å². The molecule has 0 amide bonds. The molecule has 0 saturated heterocycles. The summed E-state index contributed by atoms with van der Waals surface area (Å²) in [5.74, 6) is -0.380. The van der Waals surface area contributed by atoms with E-state index < -0.39 is 11.7 Å². The summed E-state index contributed by atoms with van der Waals surface area (Å²) in [7, 11) is 1.54. The van der Waals surface area contributed by atoms with Crippen LogP contribution in [0.5, 0.6) is 0 Å². The maximum Gasteiger partial charge on any atom is 0.124 e. The van der Waals surface area contributed by atoms with E-state index in [2.05, 4.69) is 0 Å². The van der Waals surface area contributed by atoms with E-state index in [9.17, 15) is 9.50 Å². The van der Waals surface area contributed by atoms with E-state index in [0.29, 0.717) is 17.0 Å². The van der Waals surface area contributed by atoms with Crippen LogP contribution in [-0.2, 0) is 11.2 Å². The lowest BCUT2D eigenvalue weighted by atomic mass is 9.95. The lowest BCUT2D eigenvalue weighted by Gasteiger charge is -2.29. The molecule has 1 atom stereocenters. The second-order valence-electron chi connectivity index (χ2n) is 4.26. The lowest BCUT2D eigenvalue weighted by molar-refractivity contribution is -0.0764. The molecule has 0 radical (unpaired) electrons. The molecule has 1 aromatic carbocycles. The molecule has 16 heavy (non-hydrogen) atoms. The van der Waals surface area contributed by atoms with Gasteiger partial charge in [0.2, 0.25) is 0 Å². The third-order valence-corrected chi connectivity index (χ3v) is 3.11. The SMILES string of the molecule is COC(C)(C)C(O)Cc1ccc(F)cc1Cl. The monoisotopic (exact) mass is 246 g/mol. The number of rotatable bonds is 4. The third-order valence-electron chi connectivity index (χ3n) is 2.76. The largest absolute Gasteiger partial charge is 0.390 e. The molecule has 0 aliphatic rings. The van der Waals surface area contributed by atoms with Crippen molar-refractivity contribution in [3.05, 3.63) is 34.6 Å². The molecule has 1 aromatic rings. The van der Waals surface area contributed by atoms with E-state index in [1.807, 2.05) is 0 Å². The summed E-state index contributed by atoms with van der Waals surface area (Å²) in [6.07, 6.45) is -0.361. The molecule has 0 aliphatic carbocycles. The van der Waals surface area contributed by atoms with Crippen LogP contribution in [0.4, 0.5) is 4.39 Å². The van der Waals surface area contributed by atoms with Crippen molar-refractivity contribution in [1.82, 2.24) is 0 Å². The molecular formula is C12H16ClFO2. The van der Waals surface area contributed by atoms with Crippen molar-refractivity contribution in [3.8, 4) is 0 Å². The van der Waals surface area contributed by atoms with Gasteiger partial charge >= 0.3 is 0 Å². The minimum absolute atomic E-state index is 0.325. The van der Waals surface area contributed by atoms with Crippen LogP contribution in [0, 0.1) is 5.82 Å². The highest BCUT2D eigenvalue weighted by Gasteiger charge is 2.27. The Morgan fingerprint density at radius 1 is 1.50 bits per heavy atom. The number of aliphatic hydroxyl groups is 1. The first-order valence-corrected chi connectivity index (χ1v) is 5.42. The number of methoxy groups -OCH3 is 1. The Bertz CT molecular complexity index is 366. The summed E-state index contributed by atoms with van der Waals surface area (Å²) >= 11 is 5.87. The molecule has 0 bridgehead atoms. The van der Waals surface area contributed by atoms with Crippen molar-refractivity contribution in [1.29, 1.82) is 0 Å². The first-order valence-electron chi connectivity index (χ1n) is 5.04. The number of ether oxygens (including phenoxy) is 1. The van der Waals surface area contributed by atoms with Crippen molar-refractivity contribution >= 4 is 11.6 Å². The Kier molecular flexibility index (Phi) is 4.30. The molecule has 0 aliphatic heterocycles. The fourth-order valence-electron chi connectivity index (χ4n) is 1.28. The van der Waals surface area contributed by atoms with Gasteiger partial charge in [0.1, 0.15) is 5.82 Å². The van der Waals surface area contributed by atoms with Crippen LogP contribution < -0.4 is 0 Å². The van der Waals surface area contributed by atoms with Crippen LogP contribution in [0.3, 0.4) is 0 Å². The summed E-state index contributed by atoms with van der Waals surface area (Å²) in [6, 6.07) is 4.14. The van der Waals surface area contributed by atoms with Gasteiger partial charge in [0.15, 0.2) is 0 Å². The van der Waals surface area contributed by atoms with E-state index in [1.54, 1.807) is 19.9 Å². The van der Waals surface area contributed by atoms with Crippen molar-refractivity contribution < 1.29 is 14.2 Å². The Labute approximate surface area is 100.0 Å². The Morgan fingerprint density at radius 2 is 2.12 bits per heavy atom. The smallest absolute Gasteiger partial charge is 0.124 e. The zero-order valence-corrected chi connectivity index (χ0v) is 10.4. The molecule has 1 N–H and O–H groups in total. The van der Waals surface area contributed by atoms with E-state index >= 15 is 0 Å². The Hall–Kier alpha value is -0.640. The first-order chi connectivity index (χ1) is 7.36. The van der Waals surface area contributed by atoms with Crippen molar-refractivity contribution in [2.75, 3.05) is 7.11 Å². The molecule has 1 rings (SSSR count). The van der Waals surface area contributed by atoms with E-state index in [-0.39, 0.29) is 5.82 Å². The second-order valence-corrected chi connectivity index (χ2v) is 4.67. The molecule has 0 aromatic heterocycles. The van der Waals surface area contributed by atoms with Gasteiger partial charge in [-0.3, -0.25) is 0 Å². The van der Waals surface area contributed by atoms with E-state index in [4.69, 9.17) is 16.3 Å². The maximum absolute atomic E-state index is 12.8. The topological polar surface area (TPSA) is 29.5 Å². The molecular weight excluding hydrogens is 231 g/mol. The van der Waals surface area contributed by atoms with E-state index in [1.165, 1.54) is 19.2 Å². The summed E-state index contributed by atoms with van der Waals surface area (Å²) in [5.41, 5.74) is 0.0539. The van der Waals surface area contributed by atoms with Gasteiger partial charge in [-0.25, -0.2) is 4.39 Å². The van der Waals surface area contributed by atoms with Gasteiger partial charge in [0, 0.05) is 18.6 Å². The summed E-state index contributed by atoms with van der Waals surface area (Å²) in [5, 5.41) is 10.3. The van der Waals surface area contributed by atoms with Crippen LogP contribution >= 0.6 is 11.6 Å². The molecule has 4 heteroatoms. The zero-order chi connectivity index (χ0) is 12.3. The van der Waals surface area contributed by atoms with Crippen molar-refractivity contribution in [3.63, 3.8) is 0 Å².